The molecule has 1 fully saturated rings. The molecule has 6 heteroatoms. The maximum atomic E-state index is 14.4. The lowest BCUT2D eigenvalue weighted by molar-refractivity contribution is -0.126. The molecule has 6 nitrogen and oxygen atoms in total. The van der Waals surface area contributed by atoms with Gasteiger partial charge < -0.3 is 19.8 Å². The lowest BCUT2D eigenvalue weighted by Gasteiger charge is -2.39. The smallest absolute Gasteiger partial charge is 0.172 e. The number of anilines is 3. The second kappa shape index (κ2) is 12.9. The van der Waals surface area contributed by atoms with E-state index in [1.807, 2.05) is 161 Å². The molecule has 0 aliphatic heterocycles. The van der Waals surface area contributed by atoms with Crippen molar-refractivity contribution in [2.24, 2.45) is 10.9 Å². The van der Waals surface area contributed by atoms with E-state index in [4.69, 9.17) is 0 Å². The van der Waals surface area contributed by atoms with Crippen molar-refractivity contribution in [1.29, 1.82) is 0 Å². The van der Waals surface area contributed by atoms with Crippen molar-refractivity contribution in [3.8, 4) is 0 Å². The zero-order valence-corrected chi connectivity index (χ0v) is 26.7. The summed E-state index contributed by atoms with van der Waals surface area (Å²) in [4.78, 5) is 25.0. The van der Waals surface area contributed by atoms with Gasteiger partial charge in [0.05, 0.1) is 17.7 Å². The molecule has 1 saturated carbocycles. The number of aliphatic hydroxyl groups excluding tert-OH is 1. The van der Waals surface area contributed by atoms with Crippen molar-refractivity contribution >= 4 is 39.7 Å². The van der Waals surface area contributed by atoms with E-state index in [1.54, 1.807) is 0 Å². The molecule has 226 valence electrons. The van der Waals surface area contributed by atoms with Crippen LogP contribution in [0.1, 0.15) is 23.6 Å². The van der Waals surface area contributed by atoms with Crippen LogP contribution in [0.3, 0.4) is 0 Å². The van der Waals surface area contributed by atoms with Crippen LogP contribution < -0.4 is 14.7 Å². The van der Waals surface area contributed by atoms with E-state index < -0.39 is 12.0 Å². The normalized spacial score (nSPS) is 17.4. The number of hydrogen-bond donors (Lipinski definition) is 1. The first kappa shape index (κ1) is 30.8. The highest BCUT2D eigenvalue weighted by Gasteiger charge is 2.49. The van der Waals surface area contributed by atoms with Gasteiger partial charge in [0, 0.05) is 71.5 Å². The molecule has 0 spiro atoms. The summed E-state index contributed by atoms with van der Waals surface area (Å²) in [6, 6.07) is 24.5. The molecule has 2 aliphatic carbocycles. The Hall–Kier alpha value is -4.68. The van der Waals surface area contributed by atoms with Crippen LogP contribution in [0, 0.1) is 5.92 Å². The van der Waals surface area contributed by atoms with Crippen molar-refractivity contribution < 1.29 is 9.90 Å². The van der Waals surface area contributed by atoms with Crippen LogP contribution in [-0.4, -0.2) is 71.5 Å². The highest BCUT2D eigenvalue weighted by molar-refractivity contribution is 6.19. The molecular weight excluding hydrogens is 544 g/mol. The molecule has 0 radical (unpaired) electrons. The molecule has 0 heterocycles. The average Bonchev–Trinajstić information content (AvgIpc) is 3.03. The fourth-order valence-corrected chi connectivity index (χ4v) is 5.81. The summed E-state index contributed by atoms with van der Waals surface area (Å²) < 4.78 is 0. The average molecular weight is 587 g/mol. The zero-order chi connectivity index (χ0) is 31.5. The third kappa shape index (κ3) is 6.03. The van der Waals surface area contributed by atoms with E-state index in [0.717, 1.165) is 56.2 Å². The van der Waals surface area contributed by atoms with Gasteiger partial charge in [-0.05, 0) is 88.9 Å². The Morgan fingerprint density at radius 3 is 1.43 bits per heavy atom. The Morgan fingerprint density at radius 1 is 0.659 bits per heavy atom. The van der Waals surface area contributed by atoms with E-state index in [0.29, 0.717) is 12.1 Å². The molecule has 2 unspecified atom stereocenters. The number of aliphatic hydroxyl groups is 1. The first-order valence-corrected chi connectivity index (χ1v) is 15.0. The number of Topliss-reactive ketones (excluding diaryl/α,β-unsaturated/α-hetero) is 1. The number of carbonyl (C=O) groups is 1. The number of ketones is 1. The van der Waals surface area contributed by atoms with Gasteiger partial charge in [-0.25, -0.2) is 0 Å². The molecule has 3 aromatic carbocycles. The van der Waals surface area contributed by atoms with Gasteiger partial charge in [0.1, 0.15) is 0 Å². The molecule has 3 aromatic rings. The summed E-state index contributed by atoms with van der Waals surface area (Å²) in [5.41, 5.74) is 9.75. The third-order valence-corrected chi connectivity index (χ3v) is 8.30. The number of hydrogen-bond acceptors (Lipinski definition) is 6. The van der Waals surface area contributed by atoms with Gasteiger partial charge in [0.15, 0.2) is 5.78 Å². The standard InChI is InChI=1S/C38H42N4O2/c1-8-39-29-17-9-25(10-18-29)33(26-11-19-30(20-12-26)40(2)3)35-37(43)36(38(35)44)34(27-13-21-31(22-14-27)41(4)5)28-15-23-32(24-16-28)42(6)7/h9-24,35,37,43H,8H2,1-7H3. The Kier molecular flexibility index (Phi) is 9.02. The molecule has 0 aromatic heterocycles. The number of allylic oxidation sites excluding steroid dienone is 5. The highest BCUT2D eigenvalue weighted by Crippen LogP contribution is 2.47. The fraction of sp³-hybridized carbons (Fsp3) is 0.263. The Balaban J connectivity index is 1.64. The van der Waals surface area contributed by atoms with E-state index in [9.17, 15) is 9.90 Å². The predicted molar refractivity (Wildman–Crippen MR) is 186 cm³/mol. The summed E-state index contributed by atoms with van der Waals surface area (Å²) in [6.45, 7) is 2.71. The summed E-state index contributed by atoms with van der Waals surface area (Å²) in [5.74, 6) is -0.754. The van der Waals surface area contributed by atoms with E-state index in [-0.39, 0.29) is 5.78 Å². The Bertz CT molecular complexity index is 1600. The molecule has 5 rings (SSSR count). The first-order chi connectivity index (χ1) is 21.1. The Morgan fingerprint density at radius 2 is 1.07 bits per heavy atom. The van der Waals surface area contributed by atoms with Crippen LogP contribution in [0.15, 0.2) is 113 Å². The largest absolute Gasteiger partial charge is 0.387 e. The van der Waals surface area contributed by atoms with Gasteiger partial charge in [-0.15, -0.1) is 0 Å². The first-order valence-electron chi connectivity index (χ1n) is 15.0. The van der Waals surface area contributed by atoms with Crippen LogP contribution >= 0.6 is 0 Å². The van der Waals surface area contributed by atoms with Gasteiger partial charge in [-0.1, -0.05) is 48.6 Å². The monoisotopic (exact) mass is 586 g/mol. The summed E-state index contributed by atoms with van der Waals surface area (Å²) >= 11 is 0. The second-order valence-corrected chi connectivity index (χ2v) is 11.8. The summed E-state index contributed by atoms with van der Waals surface area (Å²) in [6.07, 6.45) is 6.99. The Labute approximate surface area is 261 Å². The van der Waals surface area contributed by atoms with Gasteiger partial charge in [0.2, 0.25) is 0 Å². The van der Waals surface area contributed by atoms with Crippen LogP contribution in [-0.2, 0) is 4.79 Å². The second-order valence-electron chi connectivity index (χ2n) is 11.8. The number of nitrogens with zero attached hydrogens (tertiary/aromatic N) is 4. The maximum Gasteiger partial charge on any atom is 0.172 e. The van der Waals surface area contributed by atoms with Crippen LogP contribution in [0.25, 0.3) is 11.1 Å². The zero-order valence-electron chi connectivity index (χ0n) is 26.7. The molecular formula is C38H42N4O2. The molecule has 0 saturated heterocycles. The predicted octanol–water partition coefficient (Wildman–Crippen LogP) is 6.29. The minimum absolute atomic E-state index is 0.0603. The van der Waals surface area contributed by atoms with Crippen LogP contribution in [0.4, 0.5) is 17.1 Å². The molecule has 2 aliphatic rings. The number of aliphatic imine (C=N–C) groups is 1. The molecule has 2 atom stereocenters. The maximum absolute atomic E-state index is 14.4. The van der Waals surface area contributed by atoms with Gasteiger partial charge >= 0.3 is 0 Å². The van der Waals surface area contributed by atoms with Gasteiger partial charge in [-0.3, -0.25) is 9.79 Å². The number of benzene rings is 3. The van der Waals surface area contributed by atoms with Gasteiger partial charge in [-0.2, -0.15) is 0 Å². The van der Waals surface area contributed by atoms with Crippen molar-refractivity contribution in [2.75, 3.05) is 63.5 Å². The fourth-order valence-electron chi connectivity index (χ4n) is 5.81. The number of carbonyl (C=O) groups excluding carboxylic acids is 1. The van der Waals surface area contributed by atoms with Crippen LogP contribution in [0.5, 0.6) is 0 Å². The molecule has 44 heavy (non-hydrogen) atoms. The lowest BCUT2D eigenvalue weighted by atomic mass is 9.65. The van der Waals surface area contributed by atoms with Crippen LogP contribution in [0.2, 0.25) is 0 Å². The number of rotatable bonds is 8. The van der Waals surface area contributed by atoms with E-state index >= 15 is 0 Å². The van der Waals surface area contributed by atoms with Crippen molar-refractivity contribution in [1.82, 2.24) is 0 Å². The SMILES string of the molecule is CCN=C1C=CC(=C(c2ccc(N(C)C)cc2)C2C(=O)C(=C(c3ccc(N(C)C)cc3)c3ccc(N(C)C)cc3)C2O)C=C1. The minimum atomic E-state index is -0.969. The lowest BCUT2D eigenvalue weighted by Crippen LogP contribution is -2.46. The summed E-state index contributed by atoms with van der Waals surface area (Å²) in [7, 11) is 12.0. The van der Waals surface area contributed by atoms with E-state index in [1.165, 1.54) is 0 Å². The summed E-state index contributed by atoms with van der Waals surface area (Å²) in [5, 5.41) is 11.9. The molecule has 1 N–H and O–H groups in total. The van der Waals surface area contributed by atoms with Crippen molar-refractivity contribution in [3.05, 3.63) is 125 Å². The van der Waals surface area contributed by atoms with Gasteiger partial charge in [0.25, 0.3) is 0 Å². The van der Waals surface area contributed by atoms with Crippen molar-refractivity contribution in [2.45, 2.75) is 13.0 Å². The van der Waals surface area contributed by atoms with Crippen molar-refractivity contribution in [3.63, 3.8) is 0 Å². The molecule has 0 bridgehead atoms. The minimum Gasteiger partial charge on any atom is -0.387 e. The quantitative estimate of drug-likeness (QED) is 0.315. The topological polar surface area (TPSA) is 59.4 Å². The van der Waals surface area contributed by atoms with E-state index in [2.05, 4.69) is 4.99 Å². The molecule has 0 amide bonds. The highest BCUT2D eigenvalue weighted by atomic mass is 16.3. The third-order valence-electron chi connectivity index (χ3n) is 8.30.